The van der Waals surface area contributed by atoms with Crippen molar-refractivity contribution in [3.05, 3.63) is 53.2 Å². The molecule has 33 heavy (non-hydrogen) atoms. The summed E-state index contributed by atoms with van der Waals surface area (Å²) in [4.78, 5) is 28.1. The third-order valence-electron chi connectivity index (χ3n) is 5.21. The van der Waals surface area contributed by atoms with Crippen molar-refractivity contribution in [1.82, 2.24) is 35.4 Å². The molecule has 3 aromatic heterocycles. The van der Waals surface area contributed by atoms with Gasteiger partial charge >= 0.3 is 6.18 Å². The Hall–Kier alpha value is -4.00. The Balaban J connectivity index is 1.35. The third-order valence-corrected chi connectivity index (χ3v) is 5.21. The van der Waals surface area contributed by atoms with E-state index in [0.717, 1.165) is 12.1 Å². The maximum atomic E-state index is 12.9. The van der Waals surface area contributed by atoms with Gasteiger partial charge < -0.3 is 20.2 Å². The average Bonchev–Trinajstić information content (AvgIpc) is 3.48. The Morgan fingerprint density at radius 1 is 1.27 bits per heavy atom. The number of alkyl halides is 3. The van der Waals surface area contributed by atoms with Crippen LogP contribution in [0.1, 0.15) is 40.3 Å². The summed E-state index contributed by atoms with van der Waals surface area (Å²) < 4.78 is 44.2. The Labute approximate surface area is 184 Å². The fourth-order valence-corrected chi connectivity index (χ4v) is 3.56. The molecule has 13 heteroatoms. The fraction of sp³-hybridized carbons (Fsp3) is 0.250. The molecule has 1 unspecified atom stereocenters. The summed E-state index contributed by atoms with van der Waals surface area (Å²) in [7, 11) is 1.82. The van der Waals surface area contributed by atoms with E-state index in [1.54, 1.807) is 18.0 Å². The monoisotopic (exact) mass is 458 g/mol. The summed E-state index contributed by atoms with van der Waals surface area (Å²) in [6.07, 6.45) is -3.15. The molecule has 0 saturated heterocycles. The van der Waals surface area contributed by atoms with Crippen LogP contribution in [0.15, 0.2) is 35.1 Å². The van der Waals surface area contributed by atoms with E-state index in [4.69, 9.17) is 4.52 Å². The smallest absolute Gasteiger partial charge is 0.358 e. The maximum absolute atomic E-state index is 12.9. The van der Waals surface area contributed by atoms with E-state index in [1.807, 2.05) is 7.05 Å². The number of fused-ring (bicyclic) bond motifs is 2. The van der Waals surface area contributed by atoms with Gasteiger partial charge in [0.15, 0.2) is 11.6 Å². The predicted octanol–water partition coefficient (Wildman–Crippen LogP) is 3.29. The zero-order valence-corrected chi connectivity index (χ0v) is 17.4. The lowest BCUT2D eigenvalue weighted by molar-refractivity contribution is -0.137. The number of carbonyl (C=O) groups is 1. The number of rotatable bonds is 4. The van der Waals surface area contributed by atoms with Crippen LogP contribution < -0.4 is 10.7 Å². The number of carbonyl (C=O) groups excluding carboxylic acids is 1. The van der Waals surface area contributed by atoms with Gasteiger partial charge in [0.1, 0.15) is 23.5 Å². The molecule has 10 nitrogen and oxygen atoms in total. The first-order valence-electron chi connectivity index (χ1n) is 9.85. The zero-order valence-electron chi connectivity index (χ0n) is 17.4. The number of aromatic nitrogens is 5. The number of halogens is 3. The second-order valence-corrected chi connectivity index (χ2v) is 7.64. The fourth-order valence-electron chi connectivity index (χ4n) is 3.56. The topological polar surface area (TPSA) is 125 Å². The van der Waals surface area contributed by atoms with Gasteiger partial charge in [0.05, 0.1) is 22.6 Å². The SMILES string of the molecule is CC(NC(=O)c1ncnc2c1CN(C)N2)c1cc(-c2nc3ccc(C(F)(F)F)cc3[nH]2)no1. The largest absolute Gasteiger partial charge is 0.416 e. The molecule has 1 atom stereocenters. The lowest BCUT2D eigenvalue weighted by atomic mass is 10.2. The van der Waals surface area contributed by atoms with Gasteiger partial charge in [0.25, 0.3) is 5.91 Å². The van der Waals surface area contributed by atoms with Crippen LogP contribution in [-0.2, 0) is 12.7 Å². The number of imidazole rings is 1. The van der Waals surface area contributed by atoms with Gasteiger partial charge in [-0.15, -0.1) is 0 Å². The molecule has 0 bridgehead atoms. The molecule has 1 aliphatic heterocycles. The molecule has 1 aromatic carbocycles. The number of aromatic amines is 1. The summed E-state index contributed by atoms with van der Waals surface area (Å²) >= 11 is 0. The number of benzene rings is 1. The minimum Gasteiger partial charge on any atom is -0.358 e. The van der Waals surface area contributed by atoms with E-state index in [0.29, 0.717) is 34.9 Å². The van der Waals surface area contributed by atoms with E-state index in [2.05, 4.69) is 35.8 Å². The third kappa shape index (κ3) is 3.86. The van der Waals surface area contributed by atoms with Gasteiger partial charge in [0, 0.05) is 25.2 Å². The van der Waals surface area contributed by atoms with Crippen molar-refractivity contribution in [2.24, 2.45) is 0 Å². The van der Waals surface area contributed by atoms with Crippen molar-refractivity contribution in [3.8, 4) is 11.5 Å². The highest BCUT2D eigenvalue weighted by Crippen LogP contribution is 2.32. The normalized spacial score (nSPS) is 14.8. The van der Waals surface area contributed by atoms with E-state index in [-0.39, 0.29) is 17.0 Å². The van der Waals surface area contributed by atoms with E-state index in [9.17, 15) is 18.0 Å². The van der Waals surface area contributed by atoms with E-state index in [1.165, 1.54) is 12.4 Å². The number of hydrogen-bond acceptors (Lipinski definition) is 8. The van der Waals surface area contributed by atoms with Crippen LogP contribution in [0.25, 0.3) is 22.6 Å². The quantitative estimate of drug-likeness (QED) is 0.426. The zero-order chi connectivity index (χ0) is 23.3. The number of nitrogens with zero attached hydrogens (tertiary/aromatic N) is 5. The predicted molar refractivity (Wildman–Crippen MR) is 110 cm³/mol. The number of anilines is 1. The van der Waals surface area contributed by atoms with Gasteiger partial charge in [-0.1, -0.05) is 5.16 Å². The molecular weight excluding hydrogens is 441 g/mol. The Morgan fingerprint density at radius 3 is 2.88 bits per heavy atom. The van der Waals surface area contributed by atoms with Crippen LogP contribution >= 0.6 is 0 Å². The van der Waals surface area contributed by atoms with Crippen molar-refractivity contribution in [2.45, 2.75) is 25.7 Å². The number of nitrogens with one attached hydrogen (secondary N) is 3. The maximum Gasteiger partial charge on any atom is 0.416 e. The molecule has 0 spiro atoms. The highest BCUT2D eigenvalue weighted by Gasteiger charge is 2.31. The lowest BCUT2D eigenvalue weighted by Gasteiger charge is -2.11. The van der Waals surface area contributed by atoms with Gasteiger partial charge in [-0.3, -0.25) is 4.79 Å². The molecule has 0 radical (unpaired) electrons. The number of hydrazine groups is 1. The molecule has 0 aliphatic carbocycles. The van der Waals surface area contributed by atoms with Crippen LogP contribution in [0.3, 0.4) is 0 Å². The first kappa shape index (κ1) is 20.9. The van der Waals surface area contributed by atoms with E-state index >= 15 is 0 Å². The van der Waals surface area contributed by atoms with Crippen LogP contribution in [0, 0.1) is 0 Å². The molecular formula is C20H17F3N8O2. The van der Waals surface area contributed by atoms with Crippen molar-refractivity contribution in [2.75, 3.05) is 12.5 Å². The van der Waals surface area contributed by atoms with Gasteiger partial charge in [-0.25, -0.2) is 20.0 Å². The summed E-state index contributed by atoms with van der Waals surface area (Å²) in [6.45, 7) is 2.18. The van der Waals surface area contributed by atoms with Crippen LogP contribution in [0.2, 0.25) is 0 Å². The van der Waals surface area contributed by atoms with Crippen molar-refractivity contribution in [1.29, 1.82) is 0 Å². The average molecular weight is 458 g/mol. The minimum atomic E-state index is -4.45. The first-order valence-corrected chi connectivity index (χ1v) is 9.85. The van der Waals surface area contributed by atoms with Gasteiger partial charge in [-0.05, 0) is 25.1 Å². The Morgan fingerprint density at radius 2 is 2.09 bits per heavy atom. The highest BCUT2D eigenvalue weighted by molar-refractivity contribution is 5.95. The molecule has 4 heterocycles. The standard InChI is InChI=1S/C20H17F3N8O2/c1-9(26-19(32)16-11-7-31(2)29-17(11)25-8-24-16)15-6-14(30-33-15)18-27-12-4-3-10(20(21,22)23)5-13(12)28-18/h3-6,8-9H,7H2,1-2H3,(H,26,32)(H,27,28)(H,24,25,29). The Kier molecular flexibility index (Phi) is 4.78. The van der Waals surface area contributed by atoms with Crippen LogP contribution in [-0.4, -0.2) is 43.1 Å². The van der Waals surface area contributed by atoms with Crippen LogP contribution in [0.5, 0.6) is 0 Å². The molecule has 0 fully saturated rings. The van der Waals surface area contributed by atoms with Gasteiger partial charge in [0.2, 0.25) is 0 Å². The van der Waals surface area contributed by atoms with Crippen molar-refractivity contribution >= 4 is 22.8 Å². The summed E-state index contributed by atoms with van der Waals surface area (Å²) in [5.41, 5.74) is 4.06. The number of amides is 1. The number of H-pyrrole nitrogens is 1. The molecule has 4 aromatic rings. The van der Waals surface area contributed by atoms with Crippen molar-refractivity contribution in [3.63, 3.8) is 0 Å². The molecule has 3 N–H and O–H groups in total. The molecule has 170 valence electrons. The molecule has 0 saturated carbocycles. The highest BCUT2D eigenvalue weighted by atomic mass is 19.4. The summed E-state index contributed by atoms with van der Waals surface area (Å²) in [5, 5.41) is 8.53. The van der Waals surface area contributed by atoms with Gasteiger partial charge in [-0.2, -0.15) is 13.2 Å². The summed E-state index contributed by atoms with van der Waals surface area (Å²) in [5.74, 6) is 0.766. The molecule has 1 amide bonds. The van der Waals surface area contributed by atoms with Crippen LogP contribution in [0.4, 0.5) is 19.0 Å². The Bertz CT molecular complexity index is 1360. The lowest BCUT2D eigenvalue weighted by Crippen LogP contribution is -2.28. The second-order valence-electron chi connectivity index (χ2n) is 7.64. The minimum absolute atomic E-state index is 0.224. The molecule has 5 rings (SSSR count). The second kappa shape index (κ2) is 7.55. The number of hydrogen-bond donors (Lipinski definition) is 3. The molecule has 1 aliphatic rings. The van der Waals surface area contributed by atoms with E-state index < -0.39 is 23.7 Å². The van der Waals surface area contributed by atoms with Crippen molar-refractivity contribution < 1.29 is 22.5 Å². The summed E-state index contributed by atoms with van der Waals surface area (Å²) in [6, 6.07) is 4.25. The first-order chi connectivity index (χ1) is 15.7.